The van der Waals surface area contributed by atoms with Gasteiger partial charge in [-0.1, -0.05) is 18.2 Å². The normalized spacial score (nSPS) is 9.88. The van der Waals surface area contributed by atoms with Crippen molar-refractivity contribution in [2.45, 2.75) is 6.92 Å². The number of hydrogen-bond acceptors (Lipinski definition) is 3. The Morgan fingerprint density at radius 2 is 2.06 bits per heavy atom. The fourth-order valence-electron chi connectivity index (χ4n) is 1.73. The Kier molecular flexibility index (Phi) is 2.67. The number of fused-ring (bicyclic) bond motifs is 1. The van der Waals surface area contributed by atoms with Gasteiger partial charge in [-0.25, -0.2) is 0 Å². The van der Waals surface area contributed by atoms with Gasteiger partial charge in [-0.3, -0.25) is 4.79 Å². The van der Waals surface area contributed by atoms with E-state index in [4.69, 9.17) is 5.26 Å². The average Bonchev–Trinajstić information content (AvgIpc) is 2.30. The molecule has 0 bridgehead atoms. The van der Waals surface area contributed by atoms with Gasteiger partial charge in [-0.05, 0) is 12.1 Å². The lowest BCUT2D eigenvalue weighted by molar-refractivity contribution is -0.114. The summed E-state index contributed by atoms with van der Waals surface area (Å²) in [6, 6.07) is 10.3. The maximum absolute atomic E-state index is 11.0. The molecule has 0 spiro atoms. The number of carbonyl (C=O) groups excluding carboxylic acids is 1. The Bertz CT molecular complexity index is 642. The number of rotatable bonds is 1. The number of nitrogens with one attached hydrogen (secondary N) is 1. The second kappa shape index (κ2) is 4.14. The first kappa shape index (κ1) is 11.0. The van der Waals surface area contributed by atoms with E-state index >= 15 is 0 Å². The summed E-state index contributed by atoms with van der Waals surface area (Å²) >= 11 is 0. The molecule has 0 aliphatic carbocycles. The van der Waals surface area contributed by atoms with Gasteiger partial charge in [0.25, 0.3) is 0 Å². The summed E-state index contributed by atoms with van der Waals surface area (Å²) in [5, 5.41) is 22.6. The third kappa shape index (κ3) is 1.91. The number of carbonyl (C=O) groups is 1. The maximum Gasteiger partial charge on any atom is 0.221 e. The van der Waals surface area contributed by atoms with Crippen LogP contribution in [-0.2, 0) is 4.79 Å². The molecule has 2 aromatic carbocycles. The van der Waals surface area contributed by atoms with Crippen LogP contribution in [0.3, 0.4) is 0 Å². The van der Waals surface area contributed by atoms with Crippen LogP contribution in [-0.4, -0.2) is 11.0 Å². The molecule has 2 aromatic rings. The van der Waals surface area contributed by atoms with Crippen molar-refractivity contribution in [3.05, 3.63) is 35.9 Å². The lowest BCUT2D eigenvalue weighted by atomic mass is 10.0. The zero-order chi connectivity index (χ0) is 12.4. The molecular formula is C13H10N2O2. The number of nitriles is 1. The van der Waals surface area contributed by atoms with E-state index in [0.717, 1.165) is 0 Å². The molecule has 17 heavy (non-hydrogen) atoms. The van der Waals surface area contributed by atoms with Crippen LogP contribution in [0.2, 0.25) is 0 Å². The Hall–Kier alpha value is -2.54. The number of nitrogens with zero attached hydrogens (tertiary/aromatic N) is 1. The molecule has 0 aliphatic rings. The highest BCUT2D eigenvalue weighted by molar-refractivity contribution is 6.04. The Morgan fingerprint density at radius 1 is 1.29 bits per heavy atom. The largest absolute Gasteiger partial charge is 0.506 e. The van der Waals surface area contributed by atoms with E-state index in [1.54, 1.807) is 24.3 Å². The highest BCUT2D eigenvalue weighted by atomic mass is 16.3. The van der Waals surface area contributed by atoms with Gasteiger partial charge in [0, 0.05) is 23.4 Å². The zero-order valence-electron chi connectivity index (χ0n) is 9.19. The second-order valence-corrected chi connectivity index (χ2v) is 3.66. The van der Waals surface area contributed by atoms with Gasteiger partial charge in [0.2, 0.25) is 5.91 Å². The molecule has 0 aliphatic heterocycles. The second-order valence-electron chi connectivity index (χ2n) is 3.66. The van der Waals surface area contributed by atoms with E-state index in [1.807, 2.05) is 6.07 Å². The molecule has 1 amide bonds. The summed E-state index contributed by atoms with van der Waals surface area (Å²) in [6.07, 6.45) is 0. The van der Waals surface area contributed by atoms with E-state index in [9.17, 15) is 9.90 Å². The third-order valence-corrected chi connectivity index (χ3v) is 2.46. The highest BCUT2D eigenvalue weighted by Gasteiger charge is 2.09. The van der Waals surface area contributed by atoms with Crippen molar-refractivity contribution < 1.29 is 9.90 Å². The van der Waals surface area contributed by atoms with Crippen LogP contribution < -0.4 is 5.32 Å². The molecule has 0 heterocycles. The monoisotopic (exact) mass is 226 g/mol. The van der Waals surface area contributed by atoms with Crippen LogP contribution in [0.25, 0.3) is 10.8 Å². The van der Waals surface area contributed by atoms with Gasteiger partial charge in [0.15, 0.2) is 0 Å². The predicted molar refractivity (Wildman–Crippen MR) is 64.6 cm³/mol. The summed E-state index contributed by atoms with van der Waals surface area (Å²) in [4.78, 5) is 11.0. The van der Waals surface area contributed by atoms with Gasteiger partial charge in [0.1, 0.15) is 11.8 Å². The Labute approximate surface area is 98.1 Å². The molecule has 0 fully saturated rings. The van der Waals surface area contributed by atoms with Crippen LogP contribution in [0.4, 0.5) is 5.69 Å². The van der Waals surface area contributed by atoms with Crippen molar-refractivity contribution in [2.24, 2.45) is 0 Å². The molecule has 4 nitrogen and oxygen atoms in total. The van der Waals surface area contributed by atoms with Crippen molar-refractivity contribution in [3.8, 4) is 11.8 Å². The van der Waals surface area contributed by atoms with E-state index in [1.165, 1.54) is 13.0 Å². The van der Waals surface area contributed by atoms with Gasteiger partial charge in [-0.15, -0.1) is 0 Å². The van der Waals surface area contributed by atoms with Crippen molar-refractivity contribution in [3.63, 3.8) is 0 Å². The molecule has 0 saturated carbocycles. The van der Waals surface area contributed by atoms with Crippen molar-refractivity contribution in [1.82, 2.24) is 0 Å². The first-order valence-electron chi connectivity index (χ1n) is 5.06. The van der Waals surface area contributed by atoms with Crippen LogP contribution in [0.1, 0.15) is 12.5 Å². The van der Waals surface area contributed by atoms with Crippen LogP contribution >= 0.6 is 0 Å². The topological polar surface area (TPSA) is 73.1 Å². The maximum atomic E-state index is 11.0. The molecule has 0 aromatic heterocycles. The summed E-state index contributed by atoms with van der Waals surface area (Å²) in [5.41, 5.74) is 0.840. The van der Waals surface area contributed by atoms with Gasteiger partial charge < -0.3 is 10.4 Å². The number of hydrogen-bond donors (Lipinski definition) is 2. The Balaban J connectivity index is 2.71. The standard InChI is InChI=1S/C13H10N2O2/c1-8(16)15-12-4-2-3-11-10(12)6-5-9(7-14)13(11)17/h2-6,17H,1H3,(H,15,16). The van der Waals surface area contributed by atoms with Gasteiger partial charge in [-0.2, -0.15) is 5.26 Å². The molecule has 0 saturated heterocycles. The first-order chi connectivity index (χ1) is 8.13. The minimum atomic E-state index is -0.179. The number of phenols is 1. The van der Waals surface area contributed by atoms with Crippen molar-refractivity contribution >= 4 is 22.4 Å². The van der Waals surface area contributed by atoms with E-state index in [2.05, 4.69) is 5.32 Å². The number of amides is 1. The summed E-state index contributed by atoms with van der Waals surface area (Å²) < 4.78 is 0. The Morgan fingerprint density at radius 3 is 2.71 bits per heavy atom. The lowest BCUT2D eigenvalue weighted by Crippen LogP contribution is -2.05. The summed E-state index contributed by atoms with van der Waals surface area (Å²) in [6.45, 7) is 1.42. The SMILES string of the molecule is CC(=O)Nc1cccc2c(O)c(C#N)ccc12. The number of aromatic hydroxyl groups is 1. The van der Waals surface area contributed by atoms with Crippen LogP contribution in [0.15, 0.2) is 30.3 Å². The molecule has 0 radical (unpaired) electrons. The number of phenolic OH excluding ortho intramolecular Hbond substituents is 1. The lowest BCUT2D eigenvalue weighted by Gasteiger charge is -2.08. The fourth-order valence-corrected chi connectivity index (χ4v) is 1.73. The minimum Gasteiger partial charge on any atom is -0.506 e. The van der Waals surface area contributed by atoms with E-state index in [-0.39, 0.29) is 17.2 Å². The van der Waals surface area contributed by atoms with Crippen molar-refractivity contribution in [2.75, 3.05) is 5.32 Å². The average molecular weight is 226 g/mol. The summed E-state index contributed by atoms with van der Waals surface area (Å²) in [5.74, 6) is -0.237. The molecular weight excluding hydrogens is 216 g/mol. The quantitative estimate of drug-likeness (QED) is 0.784. The smallest absolute Gasteiger partial charge is 0.221 e. The predicted octanol–water partition coefficient (Wildman–Crippen LogP) is 2.38. The molecule has 4 heteroatoms. The molecule has 0 atom stereocenters. The van der Waals surface area contributed by atoms with Crippen LogP contribution in [0, 0.1) is 11.3 Å². The number of anilines is 1. The molecule has 2 rings (SSSR count). The number of benzene rings is 2. The molecule has 84 valence electrons. The van der Waals surface area contributed by atoms with Gasteiger partial charge in [0.05, 0.1) is 5.56 Å². The van der Waals surface area contributed by atoms with Gasteiger partial charge >= 0.3 is 0 Å². The summed E-state index contributed by atoms with van der Waals surface area (Å²) in [7, 11) is 0. The minimum absolute atomic E-state index is 0.0581. The molecule has 2 N–H and O–H groups in total. The highest BCUT2D eigenvalue weighted by Crippen LogP contribution is 2.32. The zero-order valence-corrected chi connectivity index (χ0v) is 9.19. The van der Waals surface area contributed by atoms with E-state index in [0.29, 0.717) is 16.5 Å². The third-order valence-electron chi connectivity index (χ3n) is 2.46. The fraction of sp³-hybridized carbons (Fsp3) is 0.0769. The first-order valence-corrected chi connectivity index (χ1v) is 5.06. The van der Waals surface area contributed by atoms with Crippen LogP contribution in [0.5, 0.6) is 5.75 Å². The molecule has 0 unspecified atom stereocenters. The van der Waals surface area contributed by atoms with E-state index < -0.39 is 0 Å². The van der Waals surface area contributed by atoms with Crippen molar-refractivity contribution in [1.29, 1.82) is 5.26 Å².